The zero-order chi connectivity index (χ0) is 9.42. The molecule has 0 saturated carbocycles. The molecule has 0 fully saturated rings. The fourth-order valence-corrected chi connectivity index (χ4v) is 2.39. The molecule has 1 aliphatic carbocycles. The third-order valence-corrected chi connectivity index (χ3v) is 3.10. The Morgan fingerprint density at radius 1 is 1.54 bits per heavy atom. The molecule has 1 aliphatic rings. The lowest BCUT2D eigenvalue weighted by Crippen LogP contribution is -2.12. The van der Waals surface area contributed by atoms with Gasteiger partial charge in [-0.25, -0.2) is 4.98 Å². The summed E-state index contributed by atoms with van der Waals surface area (Å²) in [5, 5.41) is 9.71. The smallest absolute Gasteiger partial charge is 0.203 e. The first kappa shape index (κ1) is 8.44. The van der Waals surface area contributed by atoms with Crippen LogP contribution in [0.4, 0.5) is 0 Å². The molecule has 0 amide bonds. The quantitative estimate of drug-likeness (QED) is 0.509. The van der Waals surface area contributed by atoms with Crippen molar-refractivity contribution in [3.63, 3.8) is 0 Å². The molecule has 0 spiro atoms. The predicted octanol–water partition coefficient (Wildman–Crippen LogP) is 2.02. The molecule has 0 aromatic carbocycles. The van der Waals surface area contributed by atoms with Crippen LogP contribution in [0.3, 0.4) is 0 Å². The van der Waals surface area contributed by atoms with Gasteiger partial charge in [0.25, 0.3) is 0 Å². The molecule has 1 heterocycles. The van der Waals surface area contributed by atoms with Crippen LogP contribution in [-0.2, 0) is 6.42 Å². The second-order valence-electron chi connectivity index (χ2n) is 2.99. The monoisotopic (exact) mass is 195 g/mol. The highest BCUT2D eigenvalue weighted by atomic mass is 32.1. The van der Waals surface area contributed by atoms with Crippen molar-refractivity contribution in [3.8, 4) is 0 Å². The molecule has 0 aliphatic heterocycles. The lowest BCUT2D eigenvalue weighted by atomic mass is 9.97. The lowest BCUT2D eigenvalue weighted by molar-refractivity contribution is 0.102. The van der Waals surface area contributed by atoms with Gasteiger partial charge in [0.15, 0.2) is 0 Å². The summed E-state index contributed by atoms with van der Waals surface area (Å²) >= 11 is 1.40. The first-order chi connectivity index (χ1) is 6.22. The molecule has 0 saturated heterocycles. The normalized spacial score (nSPS) is 19.2. The minimum absolute atomic E-state index is 0.0608. The van der Waals surface area contributed by atoms with Gasteiger partial charge in [0.1, 0.15) is 0 Å². The molecule has 0 atom stereocenters. The number of nitrogens with zero attached hydrogens (tertiary/aromatic N) is 1. The molecule has 1 aromatic rings. The Labute approximate surface area is 79.7 Å². The Hall–Kier alpha value is -1.16. The maximum absolute atomic E-state index is 11.6. The summed E-state index contributed by atoms with van der Waals surface area (Å²) in [7, 11) is 0. The molecule has 3 nitrogen and oxygen atoms in total. The van der Waals surface area contributed by atoms with Crippen LogP contribution in [0.5, 0.6) is 0 Å². The van der Waals surface area contributed by atoms with Gasteiger partial charge in [-0.1, -0.05) is 0 Å². The second-order valence-corrected chi connectivity index (χ2v) is 4.20. The highest BCUT2D eigenvalue weighted by Gasteiger charge is 2.25. The number of ketones is 1. The minimum atomic E-state index is -0.0608. The number of carbonyl (C=O) groups is 1. The molecule has 0 unspecified atom stereocenters. The van der Waals surface area contributed by atoms with Gasteiger partial charge in [-0.15, -0.1) is 11.3 Å². The number of fused-ring (bicyclic) bond motifs is 1. The van der Waals surface area contributed by atoms with Crippen molar-refractivity contribution in [2.45, 2.75) is 19.8 Å². The third kappa shape index (κ3) is 1.27. The molecule has 0 bridgehead atoms. The Morgan fingerprint density at radius 2 is 2.31 bits per heavy atom. The third-order valence-electron chi connectivity index (χ3n) is 2.09. The number of aliphatic hydroxyl groups is 1. The first-order valence-electron chi connectivity index (χ1n) is 4.06. The molecular weight excluding hydrogens is 186 g/mol. The van der Waals surface area contributed by atoms with Crippen molar-refractivity contribution in [1.29, 1.82) is 0 Å². The van der Waals surface area contributed by atoms with Crippen molar-refractivity contribution in [1.82, 2.24) is 4.98 Å². The van der Waals surface area contributed by atoms with E-state index in [2.05, 4.69) is 4.98 Å². The van der Waals surface area contributed by atoms with E-state index in [1.807, 2.05) is 6.92 Å². The van der Waals surface area contributed by atoms with E-state index in [4.69, 9.17) is 5.11 Å². The summed E-state index contributed by atoms with van der Waals surface area (Å²) in [5.41, 5.74) is 1.38. The molecule has 4 heteroatoms. The number of hydrogen-bond donors (Lipinski definition) is 1. The summed E-state index contributed by atoms with van der Waals surface area (Å²) in [6.45, 7) is 1.89. The van der Waals surface area contributed by atoms with Crippen molar-refractivity contribution >= 4 is 17.1 Å². The van der Waals surface area contributed by atoms with Crippen molar-refractivity contribution in [2.24, 2.45) is 0 Å². The fourth-order valence-electron chi connectivity index (χ4n) is 1.45. The number of Topliss-reactive ketones (excluding diaryl/α,β-unsaturated/α-hetero) is 1. The Morgan fingerprint density at radius 3 is 3.00 bits per heavy atom. The van der Waals surface area contributed by atoms with Crippen LogP contribution >= 0.6 is 11.3 Å². The van der Waals surface area contributed by atoms with Crippen LogP contribution in [0, 0.1) is 6.92 Å². The number of allylic oxidation sites excluding steroid dienone is 1. The fraction of sp³-hybridized carbons (Fsp3) is 0.333. The van der Waals surface area contributed by atoms with Crippen LogP contribution in [-0.4, -0.2) is 15.9 Å². The van der Waals surface area contributed by atoms with E-state index >= 15 is 0 Å². The first-order valence-corrected chi connectivity index (χ1v) is 4.88. The van der Waals surface area contributed by atoms with E-state index in [1.54, 1.807) is 0 Å². The topological polar surface area (TPSA) is 50.2 Å². The molecular formula is C9H9NO2S. The van der Waals surface area contributed by atoms with Gasteiger partial charge in [-0.3, -0.25) is 4.79 Å². The molecule has 2 rings (SSSR count). The Kier molecular flexibility index (Phi) is 1.92. The van der Waals surface area contributed by atoms with Gasteiger partial charge >= 0.3 is 0 Å². The van der Waals surface area contributed by atoms with Gasteiger partial charge in [-0.2, -0.15) is 0 Å². The number of hydrogen-bond acceptors (Lipinski definition) is 4. The number of aromatic nitrogens is 1. The summed E-state index contributed by atoms with van der Waals surface area (Å²) in [6.07, 6.45) is 2.28. The van der Waals surface area contributed by atoms with E-state index in [1.165, 1.54) is 11.3 Å². The molecule has 0 radical (unpaired) electrons. The minimum Gasteiger partial charge on any atom is -0.515 e. The van der Waals surface area contributed by atoms with Crippen molar-refractivity contribution in [2.75, 3.05) is 0 Å². The second kappa shape index (κ2) is 2.96. The number of aryl methyl sites for hydroxylation is 2. The molecule has 1 aromatic heterocycles. The summed E-state index contributed by atoms with van der Waals surface area (Å²) < 4.78 is 0. The van der Waals surface area contributed by atoms with Gasteiger partial charge in [0, 0.05) is 5.57 Å². The summed E-state index contributed by atoms with van der Waals surface area (Å²) in [6, 6.07) is 0. The largest absolute Gasteiger partial charge is 0.515 e. The standard InChI is InChI=1S/C9H9NO2S/c1-5-10-7-3-2-6(4-11)8(12)9(7)13-5/h4,11H,2-3H2,1H3/b6-4-. The van der Waals surface area contributed by atoms with Gasteiger partial charge < -0.3 is 5.11 Å². The van der Waals surface area contributed by atoms with Gasteiger partial charge in [-0.05, 0) is 19.8 Å². The Balaban J connectivity index is 2.50. The van der Waals surface area contributed by atoms with E-state index < -0.39 is 0 Å². The number of aliphatic hydroxyl groups excluding tert-OH is 1. The van der Waals surface area contributed by atoms with Crippen LogP contribution in [0.2, 0.25) is 0 Å². The maximum atomic E-state index is 11.6. The predicted molar refractivity (Wildman–Crippen MR) is 50.2 cm³/mol. The highest BCUT2D eigenvalue weighted by Crippen LogP contribution is 2.28. The van der Waals surface area contributed by atoms with Crippen LogP contribution in [0.1, 0.15) is 26.8 Å². The van der Waals surface area contributed by atoms with Crippen LogP contribution < -0.4 is 0 Å². The molecule has 13 heavy (non-hydrogen) atoms. The van der Waals surface area contributed by atoms with Crippen molar-refractivity contribution in [3.05, 3.63) is 27.4 Å². The lowest BCUT2D eigenvalue weighted by Gasteiger charge is -2.09. The molecule has 68 valence electrons. The number of rotatable bonds is 0. The van der Waals surface area contributed by atoms with Gasteiger partial charge in [0.05, 0.1) is 21.8 Å². The van der Waals surface area contributed by atoms with Crippen LogP contribution in [0.25, 0.3) is 0 Å². The van der Waals surface area contributed by atoms with Gasteiger partial charge in [0.2, 0.25) is 5.78 Å². The number of thiazole rings is 1. The van der Waals surface area contributed by atoms with Crippen LogP contribution in [0.15, 0.2) is 11.8 Å². The summed E-state index contributed by atoms with van der Waals surface area (Å²) in [5.74, 6) is -0.0608. The number of carbonyl (C=O) groups excluding carboxylic acids is 1. The Bertz CT molecular complexity index is 392. The summed E-state index contributed by atoms with van der Waals surface area (Å²) in [4.78, 5) is 16.6. The molecule has 1 N–H and O–H groups in total. The van der Waals surface area contributed by atoms with E-state index in [9.17, 15) is 4.79 Å². The highest BCUT2D eigenvalue weighted by molar-refractivity contribution is 7.14. The average molecular weight is 195 g/mol. The van der Waals surface area contributed by atoms with E-state index in [-0.39, 0.29) is 5.78 Å². The SMILES string of the molecule is Cc1nc2c(s1)C(=O)/C(=C\O)CC2. The van der Waals surface area contributed by atoms with E-state index in [0.29, 0.717) is 16.9 Å². The zero-order valence-electron chi connectivity index (χ0n) is 7.20. The average Bonchev–Trinajstić information content (AvgIpc) is 2.47. The van der Waals surface area contributed by atoms with E-state index in [0.717, 1.165) is 23.4 Å². The van der Waals surface area contributed by atoms with Crippen molar-refractivity contribution < 1.29 is 9.90 Å². The maximum Gasteiger partial charge on any atom is 0.203 e. The zero-order valence-corrected chi connectivity index (χ0v) is 8.02.